The summed E-state index contributed by atoms with van der Waals surface area (Å²) in [6.45, 7) is 8.27. The van der Waals surface area contributed by atoms with Gasteiger partial charge in [-0.25, -0.2) is 4.98 Å². The Morgan fingerprint density at radius 3 is 3.15 bits per heavy atom. The van der Waals surface area contributed by atoms with E-state index in [0.717, 1.165) is 36.8 Å². The summed E-state index contributed by atoms with van der Waals surface area (Å²) in [7, 11) is 0. The molecule has 1 N–H and O–H groups in total. The molecule has 1 atom stereocenters. The molecule has 3 rings (SSSR count). The fraction of sp³-hybridized carbons (Fsp3) is 0.467. The van der Waals surface area contributed by atoms with Crippen LogP contribution >= 0.6 is 11.3 Å². The first-order valence-corrected chi connectivity index (χ1v) is 7.99. The predicted molar refractivity (Wildman–Crippen MR) is 84.7 cm³/mol. The molecule has 0 radical (unpaired) electrons. The maximum atomic E-state index is 4.70. The van der Waals surface area contributed by atoms with Gasteiger partial charge in [-0.2, -0.15) is 4.98 Å². The van der Waals surface area contributed by atoms with Crippen molar-refractivity contribution in [2.24, 2.45) is 0 Å². The van der Waals surface area contributed by atoms with E-state index in [1.54, 1.807) is 0 Å². The number of aryl methyl sites for hydroxylation is 1. The lowest BCUT2D eigenvalue weighted by atomic mass is 10.0. The van der Waals surface area contributed by atoms with Crippen LogP contribution in [0.25, 0.3) is 0 Å². The highest BCUT2D eigenvalue weighted by Crippen LogP contribution is 2.36. The van der Waals surface area contributed by atoms with Crippen molar-refractivity contribution < 1.29 is 0 Å². The average molecular weight is 288 g/mol. The summed E-state index contributed by atoms with van der Waals surface area (Å²) in [4.78, 5) is 13.0. The first-order chi connectivity index (χ1) is 9.70. The van der Waals surface area contributed by atoms with Crippen molar-refractivity contribution in [3.05, 3.63) is 33.6 Å². The molecule has 0 bridgehead atoms. The zero-order valence-electron chi connectivity index (χ0n) is 12.2. The van der Waals surface area contributed by atoms with Gasteiger partial charge in [-0.05, 0) is 44.2 Å². The molecule has 1 aliphatic rings. The fourth-order valence-corrected chi connectivity index (χ4v) is 3.73. The lowest BCUT2D eigenvalue weighted by Gasteiger charge is -2.35. The van der Waals surface area contributed by atoms with Crippen LogP contribution in [0.5, 0.6) is 0 Å². The van der Waals surface area contributed by atoms with Crippen molar-refractivity contribution in [3.63, 3.8) is 0 Å². The molecule has 2 aromatic heterocycles. The zero-order valence-corrected chi connectivity index (χ0v) is 13.0. The number of nitrogens with one attached hydrogen (secondary N) is 1. The van der Waals surface area contributed by atoms with E-state index in [4.69, 9.17) is 4.98 Å². The zero-order chi connectivity index (χ0) is 14.1. The molecule has 106 valence electrons. The first kappa shape index (κ1) is 13.4. The third kappa shape index (κ3) is 2.26. The Bertz CT molecular complexity index is 608. The van der Waals surface area contributed by atoms with Crippen LogP contribution in [0.4, 0.5) is 11.8 Å². The summed E-state index contributed by atoms with van der Waals surface area (Å²) in [5.41, 5.74) is 2.58. The van der Waals surface area contributed by atoms with Crippen LogP contribution in [0.3, 0.4) is 0 Å². The summed E-state index contributed by atoms with van der Waals surface area (Å²) in [6, 6.07) is 2.63. The molecule has 1 aliphatic heterocycles. The maximum absolute atomic E-state index is 4.70. The van der Waals surface area contributed by atoms with Crippen molar-refractivity contribution in [2.75, 3.05) is 23.3 Å². The third-order valence-corrected chi connectivity index (χ3v) is 4.83. The monoisotopic (exact) mass is 288 g/mol. The predicted octanol–water partition coefficient (Wildman–Crippen LogP) is 3.40. The van der Waals surface area contributed by atoms with Gasteiger partial charge < -0.3 is 10.2 Å². The second-order valence-corrected chi connectivity index (χ2v) is 6.15. The van der Waals surface area contributed by atoms with Gasteiger partial charge in [0, 0.05) is 29.7 Å². The number of nitrogens with zero attached hydrogens (tertiary/aromatic N) is 3. The van der Waals surface area contributed by atoms with Crippen LogP contribution in [0.2, 0.25) is 0 Å². The molecular formula is C15H20N4S. The standard InChI is InChI=1S/C15H20N4S/c1-4-16-15-17-9-10(2)14(18-15)19-7-5-13-12(11(19)3)6-8-20-13/h6,8-9,11H,4-5,7H2,1-3H3,(H,16,17,18). The van der Waals surface area contributed by atoms with E-state index in [9.17, 15) is 0 Å². The molecule has 1 unspecified atom stereocenters. The second-order valence-electron chi connectivity index (χ2n) is 5.15. The van der Waals surface area contributed by atoms with Gasteiger partial charge in [0.25, 0.3) is 0 Å². The smallest absolute Gasteiger partial charge is 0.224 e. The number of fused-ring (bicyclic) bond motifs is 1. The summed E-state index contributed by atoms with van der Waals surface area (Å²) < 4.78 is 0. The Balaban J connectivity index is 1.95. The van der Waals surface area contributed by atoms with E-state index in [2.05, 4.69) is 47.4 Å². The van der Waals surface area contributed by atoms with E-state index in [-0.39, 0.29) is 0 Å². The molecule has 4 nitrogen and oxygen atoms in total. The number of aromatic nitrogens is 2. The molecule has 0 aliphatic carbocycles. The molecular weight excluding hydrogens is 268 g/mol. The van der Waals surface area contributed by atoms with Gasteiger partial charge in [-0.1, -0.05) is 0 Å². The van der Waals surface area contributed by atoms with Crippen molar-refractivity contribution in [1.82, 2.24) is 9.97 Å². The summed E-state index contributed by atoms with van der Waals surface area (Å²) in [6.07, 6.45) is 3.02. The van der Waals surface area contributed by atoms with Crippen molar-refractivity contribution in [3.8, 4) is 0 Å². The second kappa shape index (κ2) is 5.40. The van der Waals surface area contributed by atoms with E-state index in [0.29, 0.717) is 6.04 Å². The van der Waals surface area contributed by atoms with E-state index in [1.807, 2.05) is 17.5 Å². The van der Waals surface area contributed by atoms with Crippen molar-refractivity contribution in [2.45, 2.75) is 33.2 Å². The Hall–Kier alpha value is -1.62. The number of thiophene rings is 1. The molecule has 0 amide bonds. The summed E-state index contributed by atoms with van der Waals surface area (Å²) in [5.74, 6) is 1.77. The van der Waals surface area contributed by atoms with Gasteiger partial charge in [0.2, 0.25) is 5.95 Å². The van der Waals surface area contributed by atoms with Crippen LogP contribution < -0.4 is 10.2 Å². The Kier molecular flexibility index (Phi) is 3.61. The third-order valence-electron chi connectivity index (χ3n) is 3.83. The van der Waals surface area contributed by atoms with Gasteiger partial charge in [-0.15, -0.1) is 11.3 Å². The fourth-order valence-electron chi connectivity index (χ4n) is 2.77. The van der Waals surface area contributed by atoms with Gasteiger partial charge in [0.1, 0.15) is 5.82 Å². The van der Waals surface area contributed by atoms with Gasteiger partial charge in [-0.3, -0.25) is 0 Å². The van der Waals surface area contributed by atoms with Gasteiger partial charge in [0.05, 0.1) is 6.04 Å². The summed E-state index contributed by atoms with van der Waals surface area (Å²) in [5, 5.41) is 5.39. The Morgan fingerprint density at radius 1 is 1.50 bits per heavy atom. The number of hydrogen-bond acceptors (Lipinski definition) is 5. The van der Waals surface area contributed by atoms with Gasteiger partial charge in [0.15, 0.2) is 0 Å². The van der Waals surface area contributed by atoms with Crippen LogP contribution in [0.15, 0.2) is 17.6 Å². The molecule has 0 spiro atoms. The highest BCUT2D eigenvalue weighted by atomic mass is 32.1. The minimum Gasteiger partial charge on any atom is -0.354 e. The topological polar surface area (TPSA) is 41.1 Å². The lowest BCUT2D eigenvalue weighted by molar-refractivity contribution is 0.622. The lowest BCUT2D eigenvalue weighted by Crippen LogP contribution is -2.34. The van der Waals surface area contributed by atoms with Crippen LogP contribution in [-0.4, -0.2) is 23.1 Å². The minimum atomic E-state index is 0.382. The number of rotatable bonds is 3. The molecule has 0 fully saturated rings. The van der Waals surface area contributed by atoms with E-state index < -0.39 is 0 Å². The first-order valence-electron chi connectivity index (χ1n) is 7.11. The van der Waals surface area contributed by atoms with Crippen molar-refractivity contribution >= 4 is 23.1 Å². The normalized spacial score (nSPS) is 17.9. The van der Waals surface area contributed by atoms with Crippen LogP contribution in [-0.2, 0) is 6.42 Å². The van der Waals surface area contributed by atoms with Gasteiger partial charge >= 0.3 is 0 Å². The molecule has 3 heterocycles. The Morgan fingerprint density at radius 2 is 2.35 bits per heavy atom. The molecule has 20 heavy (non-hydrogen) atoms. The quantitative estimate of drug-likeness (QED) is 0.940. The molecule has 0 saturated carbocycles. The van der Waals surface area contributed by atoms with E-state index >= 15 is 0 Å². The minimum absolute atomic E-state index is 0.382. The van der Waals surface area contributed by atoms with E-state index in [1.165, 1.54) is 10.4 Å². The number of anilines is 2. The van der Waals surface area contributed by atoms with Crippen LogP contribution in [0, 0.1) is 6.92 Å². The van der Waals surface area contributed by atoms with Crippen molar-refractivity contribution in [1.29, 1.82) is 0 Å². The highest BCUT2D eigenvalue weighted by molar-refractivity contribution is 7.10. The molecule has 0 aromatic carbocycles. The SMILES string of the molecule is CCNc1ncc(C)c(N2CCc3sccc3C2C)n1. The number of hydrogen-bond donors (Lipinski definition) is 1. The summed E-state index contributed by atoms with van der Waals surface area (Å²) >= 11 is 1.87. The van der Waals surface area contributed by atoms with Crippen LogP contribution in [0.1, 0.15) is 35.9 Å². The Labute approximate surface area is 123 Å². The molecule has 0 saturated heterocycles. The average Bonchev–Trinajstić information content (AvgIpc) is 2.91. The molecule has 2 aromatic rings. The largest absolute Gasteiger partial charge is 0.354 e. The highest BCUT2D eigenvalue weighted by Gasteiger charge is 2.26. The maximum Gasteiger partial charge on any atom is 0.224 e. The molecule has 5 heteroatoms.